The molecular weight excluding hydrogens is 288 g/mol. The molecule has 0 aliphatic rings. The summed E-state index contributed by atoms with van der Waals surface area (Å²) in [6.45, 7) is 14.4. The summed E-state index contributed by atoms with van der Waals surface area (Å²) in [5.41, 5.74) is 0. The molecule has 0 heterocycles. The Morgan fingerprint density at radius 3 is 1.62 bits per heavy atom. The second-order valence-corrected chi connectivity index (χ2v) is 9.10. The van der Waals surface area contributed by atoms with Crippen molar-refractivity contribution in [1.82, 2.24) is 0 Å². The van der Waals surface area contributed by atoms with Gasteiger partial charge in [0.15, 0.2) is 0 Å². The van der Waals surface area contributed by atoms with Gasteiger partial charge in [0.25, 0.3) is 0 Å². The van der Waals surface area contributed by atoms with Crippen LogP contribution in [-0.4, -0.2) is 0 Å². The zero-order chi connectivity index (χ0) is 18.2. The fourth-order valence-electron chi connectivity index (χ4n) is 4.13. The second-order valence-electron chi connectivity index (χ2n) is 9.10. The lowest BCUT2D eigenvalue weighted by atomic mass is 9.80. The molecule has 0 rings (SSSR count). The lowest BCUT2D eigenvalue weighted by molar-refractivity contribution is 0.257. The molecule has 0 bridgehead atoms. The lowest BCUT2D eigenvalue weighted by Crippen LogP contribution is -2.14. The topological polar surface area (TPSA) is 0 Å². The first-order chi connectivity index (χ1) is 11.5. The van der Waals surface area contributed by atoms with E-state index in [0.717, 1.165) is 23.7 Å². The molecule has 24 heavy (non-hydrogen) atoms. The molecule has 146 valence electrons. The Morgan fingerprint density at radius 1 is 0.542 bits per heavy atom. The molecule has 3 atom stereocenters. The van der Waals surface area contributed by atoms with E-state index in [2.05, 4.69) is 41.5 Å². The van der Waals surface area contributed by atoms with Crippen LogP contribution in [0.3, 0.4) is 0 Å². The van der Waals surface area contributed by atoms with Gasteiger partial charge in [-0.25, -0.2) is 0 Å². The van der Waals surface area contributed by atoms with Crippen molar-refractivity contribution in [3.63, 3.8) is 0 Å². The van der Waals surface area contributed by atoms with Gasteiger partial charge < -0.3 is 0 Å². The maximum Gasteiger partial charge on any atom is -0.0386 e. The molecule has 0 fully saturated rings. The van der Waals surface area contributed by atoms with Crippen LogP contribution in [0.5, 0.6) is 0 Å². The van der Waals surface area contributed by atoms with Gasteiger partial charge >= 0.3 is 0 Å². The Kier molecular flexibility index (Phi) is 16.5. The Bertz CT molecular complexity index is 242. The minimum Gasteiger partial charge on any atom is -0.0654 e. The van der Waals surface area contributed by atoms with E-state index in [1.807, 2.05) is 0 Å². The molecule has 0 saturated heterocycles. The van der Waals surface area contributed by atoms with E-state index in [1.165, 1.54) is 89.9 Å². The van der Waals surface area contributed by atoms with Crippen molar-refractivity contribution >= 4 is 0 Å². The van der Waals surface area contributed by atoms with Crippen LogP contribution in [0.15, 0.2) is 0 Å². The Balaban J connectivity index is 3.69. The summed E-state index contributed by atoms with van der Waals surface area (Å²) in [4.78, 5) is 0. The molecule has 0 aliphatic heterocycles. The number of hydrogen-bond acceptors (Lipinski definition) is 0. The molecule has 0 radical (unpaired) electrons. The molecule has 0 nitrogen and oxygen atoms in total. The standard InChI is InChI=1S/C24H50/c1-7-9-16-22(5)17-14-12-11-13-15-18-23(6)24(19-10-8-2)20-21(3)4/h21-24H,7-20H2,1-6H3. The predicted molar refractivity (Wildman–Crippen MR) is 113 cm³/mol. The normalized spacial score (nSPS) is 15.6. The van der Waals surface area contributed by atoms with Crippen LogP contribution in [0.25, 0.3) is 0 Å². The SMILES string of the molecule is CCCCC(C)CCCCCCCC(C)C(CCCC)CC(C)C. The van der Waals surface area contributed by atoms with Gasteiger partial charge in [0.2, 0.25) is 0 Å². The van der Waals surface area contributed by atoms with Crippen LogP contribution >= 0.6 is 0 Å². The Morgan fingerprint density at radius 2 is 1.04 bits per heavy atom. The summed E-state index contributed by atoms with van der Waals surface area (Å²) >= 11 is 0. The van der Waals surface area contributed by atoms with Crippen LogP contribution in [0.4, 0.5) is 0 Å². The van der Waals surface area contributed by atoms with Crippen LogP contribution in [0.2, 0.25) is 0 Å². The summed E-state index contributed by atoms with van der Waals surface area (Å²) in [5.74, 6) is 3.74. The first kappa shape index (κ1) is 24.0. The fourth-order valence-corrected chi connectivity index (χ4v) is 4.13. The smallest absolute Gasteiger partial charge is 0.0386 e. The highest BCUT2D eigenvalue weighted by atomic mass is 14.2. The summed E-state index contributed by atoms with van der Waals surface area (Å²) in [5, 5.41) is 0. The van der Waals surface area contributed by atoms with E-state index in [1.54, 1.807) is 0 Å². The van der Waals surface area contributed by atoms with Crippen LogP contribution in [0.1, 0.15) is 131 Å². The van der Waals surface area contributed by atoms with Crippen LogP contribution in [0, 0.1) is 23.7 Å². The third kappa shape index (κ3) is 14.4. The summed E-state index contributed by atoms with van der Waals surface area (Å²) < 4.78 is 0. The van der Waals surface area contributed by atoms with E-state index in [9.17, 15) is 0 Å². The summed E-state index contributed by atoms with van der Waals surface area (Å²) in [7, 11) is 0. The average molecular weight is 339 g/mol. The number of hydrogen-bond donors (Lipinski definition) is 0. The molecule has 0 amide bonds. The molecular formula is C24H50. The second kappa shape index (κ2) is 16.5. The van der Waals surface area contributed by atoms with Gasteiger partial charge in [-0.2, -0.15) is 0 Å². The zero-order valence-electron chi connectivity index (χ0n) is 18.2. The van der Waals surface area contributed by atoms with E-state index in [0.29, 0.717) is 0 Å². The highest BCUT2D eigenvalue weighted by Gasteiger charge is 2.17. The van der Waals surface area contributed by atoms with Gasteiger partial charge in [-0.15, -0.1) is 0 Å². The molecule has 0 N–H and O–H groups in total. The van der Waals surface area contributed by atoms with E-state index in [4.69, 9.17) is 0 Å². The number of unbranched alkanes of at least 4 members (excludes halogenated alkanes) is 6. The third-order valence-electron chi connectivity index (χ3n) is 5.91. The van der Waals surface area contributed by atoms with Gasteiger partial charge in [0.05, 0.1) is 0 Å². The first-order valence-corrected chi connectivity index (χ1v) is 11.5. The van der Waals surface area contributed by atoms with Crippen molar-refractivity contribution in [2.24, 2.45) is 23.7 Å². The van der Waals surface area contributed by atoms with Crippen molar-refractivity contribution in [3.05, 3.63) is 0 Å². The molecule has 0 aromatic heterocycles. The maximum absolute atomic E-state index is 2.53. The van der Waals surface area contributed by atoms with Crippen molar-refractivity contribution in [1.29, 1.82) is 0 Å². The van der Waals surface area contributed by atoms with Gasteiger partial charge in [-0.05, 0) is 30.1 Å². The van der Waals surface area contributed by atoms with Crippen LogP contribution in [-0.2, 0) is 0 Å². The lowest BCUT2D eigenvalue weighted by Gasteiger charge is -2.25. The quantitative estimate of drug-likeness (QED) is 0.232. The molecule has 0 aromatic rings. The predicted octanol–water partition coefficient (Wildman–Crippen LogP) is 9.03. The molecule has 0 aliphatic carbocycles. The molecule has 0 saturated carbocycles. The maximum atomic E-state index is 2.53. The van der Waals surface area contributed by atoms with Gasteiger partial charge in [0.1, 0.15) is 0 Å². The fraction of sp³-hybridized carbons (Fsp3) is 1.00. The zero-order valence-corrected chi connectivity index (χ0v) is 18.2. The van der Waals surface area contributed by atoms with E-state index in [-0.39, 0.29) is 0 Å². The van der Waals surface area contributed by atoms with Gasteiger partial charge in [-0.3, -0.25) is 0 Å². The average Bonchev–Trinajstić information content (AvgIpc) is 2.55. The monoisotopic (exact) mass is 338 g/mol. The first-order valence-electron chi connectivity index (χ1n) is 11.5. The minimum absolute atomic E-state index is 0.865. The van der Waals surface area contributed by atoms with Crippen molar-refractivity contribution < 1.29 is 0 Å². The van der Waals surface area contributed by atoms with Crippen molar-refractivity contribution in [2.45, 2.75) is 131 Å². The van der Waals surface area contributed by atoms with Crippen molar-refractivity contribution in [3.8, 4) is 0 Å². The van der Waals surface area contributed by atoms with Gasteiger partial charge in [0, 0.05) is 0 Å². The van der Waals surface area contributed by atoms with Gasteiger partial charge in [-0.1, -0.05) is 125 Å². The highest BCUT2D eigenvalue weighted by Crippen LogP contribution is 2.29. The molecule has 0 spiro atoms. The van der Waals surface area contributed by atoms with Crippen molar-refractivity contribution in [2.75, 3.05) is 0 Å². The number of rotatable bonds is 17. The molecule has 0 heteroatoms. The van der Waals surface area contributed by atoms with Crippen LogP contribution < -0.4 is 0 Å². The van der Waals surface area contributed by atoms with E-state index >= 15 is 0 Å². The third-order valence-corrected chi connectivity index (χ3v) is 5.91. The molecule has 3 unspecified atom stereocenters. The minimum atomic E-state index is 0.865. The summed E-state index contributed by atoms with van der Waals surface area (Å²) in [6, 6.07) is 0. The Labute approximate surface area is 155 Å². The largest absolute Gasteiger partial charge is 0.0654 e. The Hall–Kier alpha value is 0. The molecule has 0 aromatic carbocycles. The summed E-state index contributed by atoms with van der Waals surface area (Å²) in [6.07, 6.45) is 20.2. The highest BCUT2D eigenvalue weighted by molar-refractivity contribution is 4.69. The van der Waals surface area contributed by atoms with E-state index < -0.39 is 0 Å².